The standard InChI is InChI=1S/C16H29N5O/c1-11(2)8-15(17)16(22)20-7-5-6-14(9-20)10-21-13(4)18-12(3)19-21/h11,14-15H,5-10,17H2,1-4H3/t14?,15-/m0/s1. The Bertz CT molecular complexity index is 511. The van der Waals surface area contributed by atoms with E-state index in [1.54, 1.807) is 0 Å². The summed E-state index contributed by atoms with van der Waals surface area (Å²) in [5.41, 5.74) is 6.06. The molecule has 1 aliphatic rings. The lowest BCUT2D eigenvalue weighted by molar-refractivity contribution is -0.134. The highest BCUT2D eigenvalue weighted by Gasteiger charge is 2.28. The van der Waals surface area contributed by atoms with Crippen LogP contribution in [-0.2, 0) is 11.3 Å². The maximum atomic E-state index is 12.5. The molecule has 2 heterocycles. The Kier molecular flexibility index (Phi) is 5.56. The van der Waals surface area contributed by atoms with Gasteiger partial charge in [-0.05, 0) is 44.9 Å². The molecule has 1 saturated heterocycles. The van der Waals surface area contributed by atoms with Gasteiger partial charge in [-0.3, -0.25) is 4.79 Å². The van der Waals surface area contributed by atoms with E-state index < -0.39 is 0 Å². The van der Waals surface area contributed by atoms with Crippen molar-refractivity contribution in [3.05, 3.63) is 11.6 Å². The monoisotopic (exact) mass is 307 g/mol. The molecule has 1 aliphatic heterocycles. The molecule has 1 fully saturated rings. The molecule has 0 saturated carbocycles. The second-order valence-electron chi connectivity index (χ2n) is 6.92. The van der Waals surface area contributed by atoms with E-state index in [9.17, 15) is 4.79 Å². The van der Waals surface area contributed by atoms with Gasteiger partial charge in [0.05, 0.1) is 6.04 Å². The highest BCUT2D eigenvalue weighted by Crippen LogP contribution is 2.20. The first-order valence-electron chi connectivity index (χ1n) is 8.29. The summed E-state index contributed by atoms with van der Waals surface area (Å²) < 4.78 is 1.96. The Labute approximate surface area is 133 Å². The van der Waals surface area contributed by atoms with Crippen molar-refractivity contribution in [3.63, 3.8) is 0 Å². The van der Waals surface area contributed by atoms with Gasteiger partial charge in [0.1, 0.15) is 11.6 Å². The van der Waals surface area contributed by atoms with Crippen molar-refractivity contribution in [1.82, 2.24) is 19.7 Å². The summed E-state index contributed by atoms with van der Waals surface area (Å²) >= 11 is 0. The minimum absolute atomic E-state index is 0.102. The number of amides is 1. The molecule has 1 aromatic heterocycles. The van der Waals surface area contributed by atoms with Gasteiger partial charge in [0.25, 0.3) is 0 Å². The van der Waals surface area contributed by atoms with Gasteiger partial charge in [0.15, 0.2) is 0 Å². The van der Waals surface area contributed by atoms with Crippen molar-refractivity contribution in [3.8, 4) is 0 Å². The lowest BCUT2D eigenvalue weighted by Gasteiger charge is -2.34. The molecule has 0 bridgehead atoms. The number of hydrogen-bond donors (Lipinski definition) is 1. The van der Waals surface area contributed by atoms with Gasteiger partial charge in [-0.2, -0.15) is 5.10 Å². The van der Waals surface area contributed by atoms with Gasteiger partial charge in [0, 0.05) is 19.6 Å². The van der Waals surface area contributed by atoms with Crippen molar-refractivity contribution in [2.45, 2.75) is 59.5 Å². The van der Waals surface area contributed by atoms with Crippen LogP contribution in [0.2, 0.25) is 0 Å². The first-order valence-corrected chi connectivity index (χ1v) is 8.29. The third kappa shape index (κ3) is 4.29. The molecule has 2 N–H and O–H groups in total. The van der Waals surface area contributed by atoms with Crippen molar-refractivity contribution in [2.75, 3.05) is 13.1 Å². The number of nitrogens with zero attached hydrogens (tertiary/aromatic N) is 4. The maximum Gasteiger partial charge on any atom is 0.239 e. The van der Waals surface area contributed by atoms with E-state index in [4.69, 9.17) is 5.73 Å². The molecule has 2 atom stereocenters. The first-order chi connectivity index (χ1) is 10.4. The fourth-order valence-corrected chi connectivity index (χ4v) is 3.24. The van der Waals surface area contributed by atoms with Crippen molar-refractivity contribution < 1.29 is 4.79 Å². The van der Waals surface area contributed by atoms with E-state index in [0.29, 0.717) is 11.8 Å². The van der Waals surface area contributed by atoms with Gasteiger partial charge < -0.3 is 10.6 Å². The maximum absolute atomic E-state index is 12.5. The number of likely N-dealkylation sites (tertiary alicyclic amines) is 1. The molecular weight excluding hydrogens is 278 g/mol. The SMILES string of the molecule is Cc1nc(C)n(CC2CCCN(C(=O)[C@@H](N)CC(C)C)C2)n1. The zero-order chi connectivity index (χ0) is 16.3. The van der Waals surface area contributed by atoms with Crippen LogP contribution in [0.4, 0.5) is 0 Å². The van der Waals surface area contributed by atoms with Crippen LogP contribution in [0.3, 0.4) is 0 Å². The van der Waals surface area contributed by atoms with Gasteiger partial charge >= 0.3 is 0 Å². The predicted octanol–water partition coefficient (Wildman–Crippen LogP) is 1.51. The van der Waals surface area contributed by atoms with Crippen LogP contribution in [0.1, 0.15) is 44.8 Å². The number of aromatic nitrogens is 3. The summed E-state index contributed by atoms with van der Waals surface area (Å²) in [4.78, 5) is 18.8. The van der Waals surface area contributed by atoms with E-state index in [-0.39, 0.29) is 11.9 Å². The fourth-order valence-electron chi connectivity index (χ4n) is 3.24. The minimum atomic E-state index is -0.367. The molecule has 0 aliphatic carbocycles. The number of piperidine rings is 1. The number of carbonyl (C=O) groups is 1. The Morgan fingerprint density at radius 3 is 2.73 bits per heavy atom. The molecular formula is C16H29N5O. The summed E-state index contributed by atoms with van der Waals surface area (Å²) in [5, 5.41) is 4.43. The fraction of sp³-hybridized carbons (Fsp3) is 0.812. The van der Waals surface area contributed by atoms with Crippen LogP contribution >= 0.6 is 0 Å². The first kappa shape index (κ1) is 16.9. The number of carbonyl (C=O) groups excluding carboxylic acids is 1. The quantitative estimate of drug-likeness (QED) is 0.894. The molecule has 0 radical (unpaired) electrons. The van der Waals surface area contributed by atoms with E-state index in [1.807, 2.05) is 23.4 Å². The second kappa shape index (κ2) is 7.22. The van der Waals surface area contributed by atoms with Gasteiger partial charge in [0.2, 0.25) is 5.91 Å². The van der Waals surface area contributed by atoms with Crippen molar-refractivity contribution in [1.29, 1.82) is 0 Å². The Balaban J connectivity index is 1.94. The molecule has 22 heavy (non-hydrogen) atoms. The topological polar surface area (TPSA) is 77.0 Å². The van der Waals surface area contributed by atoms with Crippen molar-refractivity contribution in [2.24, 2.45) is 17.6 Å². The molecule has 1 aromatic rings. The Morgan fingerprint density at radius 2 is 2.14 bits per heavy atom. The minimum Gasteiger partial charge on any atom is -0.341 e. The van der Waals surface area contributed by atoms with Crippen LogP contribution in [0, 0.1) is 25.7 Å². The average molecular weight is 307 g/mol. The lowest BCUT2D eigenvalue weighted by Crippen LogP contribution is -2.49. The Hall–Kier alpha value is -1.43. The molecule has 0 aromatic carbocycles. The van der Waals surface area contributed by atoms with Crippen LogP contribution in [-0.4, -0.2) is 44.7 Å². The van der Waals surface area contributed by atoms with E-state index >= 15 is 0 Å². The predicted molar refractivity (Wildman–Crippen MR) is 86.2 cm³/mol. The smallest absolute Gasteiger partial charge is 0.239 e. The second-order valence-corrected chi connectivity index (χ2v) is 6.92. The zero-order valence-corrected chi connectivity index (χ0v) is 14.2. The van der Waals surface area contributed by atoms with Crippen LogP contribution in [0.25, 0.3) is 0 Å². The molecule has 2 rings (SSSR count). The normalized spacial score (nSPS) is 20.5. The number of aryl methyl sites for hydroxylation is 2. The van der Waals surface area contributed by atoms with Crippen molar-refractivity contribution >= 4 is 5.91 Å². The average Bonchev–Trinajstić information content (AvgIpc) is 2.75. The summed E-state index contributed by atoms with van der Waals surface area (Å²) in [5.74, 6) is 2.73. The summed E-state index contributed by atoms with van der Waals surface area (Å²) in [6.07, 6.45) is 2.92. The molecule has 1 amide bonds. The summed E-state index contributed by atoms with van der Waals surface area (Å²) in [7, 11) is 0. The number of rotatable bonds is 5. The van der Waals surface area contributed by atoms with Crippen LogP contribution < -0.4 is 5.73 Å². The lowest BCUT2D eigenvalue weighted by atomic mass is 9.96. The van der Waals surface area contributed by atoms with E-state index in [0.717, 1.165) is 50.5 Å². The number of nitrogens with two attached hydrogens (primary N) is 1. The summed E-state index contributed by atoms with van der Waals surface area (Å²) in [6.45, 7) is 10.5. The van der Waals surface area contributed by atoms with Crippen LogP contribution in [0.5, 0.6) is 0 Å². The molecule has 6 heteroatoms. The molecule has 1 unspecified atom stereocenters. The van der Waals surface area contributed by atoms with E-state index in [2.05, 4.69) is 23.9 Å². The summed E-state index contributed by atoms with van der Waals surface area (Å²) in [6, 6.07) is -0.367. The van der Waals surface area contributed by atoms with Gasteiger partial charge in [-0.15, -0.1) is 0 Å². The third-order valence-electron chi connectivity index (χ3n) is 4.27. The Morgan fingerprint density at radius 1 is 1.41 bits per heavy atom. The molecule has 0 spiro atoms. The van der Waals surface area contributed by atoms with Gasteiger partial charge in [-0.1, -0.05) is 13.8 Å². The number of hydrogen-bond acceptors (Lipinski definition) is 4. The largest absolute Gasteiger partial charge is 0.341 e. The van der Waals surface area contributed by atoms with E-state index in [1.165, 1.54) is 0 Å². The zero-order valence-electron chi connectivity index (χ0n) is 14.2. The van der Waals surface area contributed by atoms with Crippen LogP contribution in [0.15, 0.2) is 0 Å². The molecule has 124 valence electrons. The highest BCUT2D eigenvalue weighted by molar-refractivity contribution is 5.81. The highest BCUT2D eigenvalue weighted by atomic mass is 16.2. The molecule has 6 nitrogen and oxygen atoms in total. The third-order valence-corrected chi connectivity index (χ3v) is 4.27. The van der Waals surface area contributed by atoms with Gasteiger partial charge in [-0.25, -0.2) is 9.67 Å².